The number of hydrogen-bond acceptors (Lipinski definition) is 1. The number of alkyl halides is 1. The number of aromatic nitrogens is 2. The van der Waals surface area contributed by atoms with Gasteiger partial charge in [0.25, 0.3) is 0 Å². The molecule has 1 atom stereocenters. The summed E-state index contributed by atoms with van der Waals surface area (Å²) in [6.45, 7) is 6.66. The minimum Gasteiger partial charge on any atom is -0.324 e. The molecule has 1 aromatic heterocycles. The number of hydrogen-bond donors (Lipinski definition) is 0. The molecule has 0 fully saturated rings. The summed E-state index contributed by atoms with van der Waals surface area (Å²) in [6, 6.07) is 4.03. The predicted molar refractivity (Wildman–Crippen MR) is 88.1 cm³/mol. The molecule has 0 amide bonds. The Balaban J connectivity index is 2.46. The summed E-state index contributed by atoms with van der Waals surface area (Å²) < 4.78 is 2.19. The van der Waals surface area contributed by atoms with Crippen molar-refractivity contribution in [3.05, 3.63) is 28.0 Å². The van der Waals surface area contributed by atoms with Gasteiger partial charge in [-0.2, -0.15) is 0 Å². The monoisotopic (exact) mass is 332 g/mol. The minimum absolute atomic E-state index is 0.341. The van der Waals surface area contributed by atoms with E-state index in [1.54, 1.807) is 6.07 Å². The van der Waals surface area contributed by atoms with E-state index < -0.39 is 0 Å². The fraction of sp³-hybridized carbons (Fsp3) is 0.533. The molecule has 0 aliphatic rings. The maximum absolute atomic E-state index is 6.14. The van der Waals surface area contributed by atoms with Gasteiger partial charge in [0.1, 0.15) is 5.82 Å². The highest BCUT2D eigenvalue weighted by Gasteiger charge is 2.17. The highest BCUT2D eigenvalue weighted by molar-refractivity contribution is 6.42. The summed E-state index contributed by atoms with van der Waals surface area (Å²) in [6.07, 6.45) is 2.26. The van der Waals surface area contributed by atoms with E-state index in [4.69, 9.17) is 34.8 Å². The Morgan fingerprint density at radius 1 is 1.10 bits per heavy atom. The molecule has 110 valence electrons. The highest BCUT2D eigenvalue weighted by Crippen LogP contribution is 2.32. The second-order valence-electron chi connectivity index (χ2n) is 5.61. The van der Waals surface area contributed by atoms with E-state index in [9.17, 15) is 0 Å². The molecular weight excluding hydrogens is 315 g/mol. The van der Waals surface area contributed by atoms with Crippen LogP contribution in [0.15, 0.2) is 12.1 Å². The van der Waals surface area contributed by atoms with Crippen LogP contribution in [0.2, 0.25) is 10.0 Å². The van der Waals surface area contributed by atoms with Crippen LogP contribution in [0.4, 0.5) is 0 Å². The Morgan fingerprint density at radius 2 is 1.75 bits per heavy atom. The molecule has 0 bridgehead atoms. The highest BCUT2D eigenvalue weighted by atomic mass is 35.5. The van der Waals surface area contributed by atoms with Crippen molar-refractivity contribution in [3.63, 3.8) is 0 Å². The van der Waals surface area contributed by atoms with E-state index in [1.165, 1.54) is 6.42 Å². The molecule has 5 heteroatoms. The molecule has 2 rings (SSSR count). The lowest BCUT2D eigenvalue weighted by Crippen LogP contribution is -2.09. The minimum atomic E-state index is 0.341. The number of halogens is 3. The third kappa shape index (κ3) is 3.24. The molecule has 2 nitrogen and oxygen atoms in total. The van der Waals surface area contributed by atoms with Gasteiger partial charge in [0.2, 0.25) is 0 Å². The van der Waals surface area contributed by atoms with Crippen LogP contribution in [0.5, 0.6) is 0 Å². The molecule has 0 radical (unpaired) electrons. The van der Waals surface area contributed by atoms with Crippen LogP contribution in [-0.4, -0.2) is 9.55 Å². The average molecular weight is 334 g/mol. The third-order valence-corrected chi connectivity index (χ3v) is 4.49. The maximum Gasteiger partial charge on any atom is 0.125 e. The zero-order chi connectivity index (χ0) is 14.9. The summed E-state index contributed by atoms with van der Waals surface area (Å²) in [4.78, 5) is 4.57. The average Bonchev–Trinajstić information content (AvgIpc) is 2.74. The Kier molecular flexibility index (Phi) is 5.22. The lowest BCUT2D eigenvalue weighted by Gasteiger charge is -2.18. The van der Waals surface area contributed by atoms with E-state index in [0.29, 0.717) is 27.9 Å². The first-order chi connectivity index (χ1) is 9.43. The molecule has 0 spiro atoms. The van der Waals surface area contributed by atoms with Gasteiger partial charge in [-0.1, -0.05) is 37.0 Å². The van der Waals surface area contributed by atoms with Crippen molar-refractivity contribution >= 4 is 45.8 Å². The normalized spacial score (nSPS) is 13.3. The zero-order valence-corrected chi connectivity index (χ0v) is 14.2. The fourth-order valence-electron chi connectivity index (χ4n) is 2.43. The second-order valence-corrected chi connectivity index (χ2v) is 6.69. The number of fused-ring (bicyclic) bond motifs is 1. The first-order valence-electron chi connectivity index (χ1n) is 6.85. The van der Waals surface area contributed by atoms with Gasteiger partial charge >= 0.3 is 0 Å². The van der Waals surface area contributed by atoms with Crippen LogP contribution in [-0.2, 0) is 5.88 Å². The van der Waals surface area contributed by atoms with Gasteiger partial charge in [0, 0.05) is 6.04 Å². The van der Waals surface area contributed by atoms with E-state index in [0.717, 1.165) is 23.3 Å². The summed E-state index contributed by atoms with van der Waals surface area (Å²) in [7, 11) is 0. The standard InChI is InChI=1S/C15H19Cl3N2/c1-9(2)4-5-10(3)20-14-7-12(18)11(17)6-13(14)19-15(20)8-16/h6-7,9-10H,4-5,8H2,1-3H3. The third-order valence-electron chi connectivity index (χ3n) is 3.53. The van der Waals surface area contributed by atoms with Crippen molar-refractivity contribution < 1.29 is 0 Å². The number of imidazole rings is 1. The van der Waals surface area contributed by atoms with Gasteiger partial charge < -0.3 is 4.57 Å². The number of rotatable bonds is 5. The predicted octanol–water partition coefficient (Wildman–Crippen LogP) is 6.08. The van der Waals surface area contributed by atoms with Crippen molar-refractivity contribution in [1.82, 2.24) is 9.55 Å². The van der Waals surface area contributed by atoms with Gasteiger partial charge in [-0.3, -0.25) is 0 Å². The molecule has 2 aromatic rings. The number of benzene rings is 1. The van der Waals surface area contributed by atoms with Crippen LogP contribution >= 0.6 is 34.8 Å². The Hall–Kier alpha value is -0.440. The van der Waals surface area contributed by atoms with Crippen molar-refractivity contribution in [2.24, 2.45) is 5.92 Å². The van der Waals surface area contributed by atoms with Gasteiger partial charge in [-0.25, -0.2) is 4.98 Å². The summed E-state index contributed by atoms with van der Waals surface area (Å²) >= 11 is 18.2. The molecule has 0 saturated carbocycles. The summed E-state index contributed by atoms with van der Waals surface area (Å²) in [5.41, 5.74) is 1.86. The lowest BCUT2D eigenvalue weighted by atomic mass is 10.0. The quantitative estimate of drug-likeness (QED) is 0.606. The lowest BCUT2D eigenvalue weighted by molar-refractivity contribution is 0.440. The first kappa shape index (κ1) is 15.9. The SMILES string of the molecule is CC(C)CCC(C)n1c(CCl)nc2cc(Cl)c(Cl)cc21. The van der Waals surface area contributed by atoms with Gasteiger partial charge in [-0.05, 0) is 37.8 Å². The fourth-order valence-corrected chi connectivity index (χ4v) is 2.93. The summed E-state index contributed by atoms with van der Waals surface area (Å²) in [5, 5.41) is 1.08. The van der Waals surface area contributed by atoms with E-state index in [1.807, 2.05) is 6.07 Å². The van der Waals surface area contributed by atoms with Crippen LogP contribution < -0.4 is 0 Å². The Labute approximate surface area is 135 Å². The van der Waals surface area contributed by atoms with Crippen molar-refractivity contribution in [2.45, 2.75) is 45.5 Å². The molecule has 0 N–H and O–H groups in total. The smallest absolute Gasteiger partial charge is 0.125 e. The van der Waals surface area contributed by atoms with E-state index >= 15 is 0 Å². The van der Waals surface area contributed by atoms with E-state index in [2.05, 4.69) is 30.3 Å². The van der Waals surface area contributed by atoms with Gasteiger partial charge in [0.15, 0.2) is 0 Å². The molecule has 1 heterocycles. The molecule has 0 aliphatic heterocycles. The van der Waals surface area contributed by atoms with Gasteiger partial charge in [0.05, 0.1) is 27.0 Å². The summed E-state index contributed by atoms with van der Waals surface area (Å²) in [5.74, 6) is 1.94. The topological polar surface area (TPSA) is 17.8 Å². The molecular formula is C15H19Cl3N2. The van der Waals surface area contributed by atoms with Crippen molar-refractivity contribution in [2.75, 3.05) is 0 Å². The molecule has 20 heavy (non-hydrogen) atoms. The second kappa shape index (κ2) is 6.55. The number of nitrogens with zero attached hydrogens (tertiary/aromatic N) is 2. The first-order valence-corrected chi connectivity index (χ1v) is 8.15. The van der Waals surface area contributed by atoms with E-state index in [-0.39, 0.29) is 0 Å². The van der Waals surface area contributed by atoms with Crippen molar-refractivity contribution in [3.8, 4) is 0 Å². The van der Waals surface area contributed by atoms with Gasteiger partial charge in [-0.15, -0.1) is 11.6 Å². The molecule has 1 aromatic carbocycles. The Bertz CT molecular complexity index is 605. The Morgan fingerprint density at radius 3 is 2.35 bits per heavy atom. The molecule has 1 unspecified atom stereocenters. The van der Waals surface area contributed by atoms with Crippen LogP contribution in [0.25, 0.3) is 11.0 Å². The maximum atomic E-state index is 6.14. The molecule has 0 aliphatic carbocycles. The van der Waals surface area contributed by atoms with Crippen molar-refractivity contribution in [1.29, 1.82) is 0 Å². The van der Waals surface area contributed by atoms with Crippen LogP contribution in [0.1, 0.15) is 45.5 Å². The van der Waals surface area contributed by atoms with Crippen LogP contribution in [0.3, 0.4) is 0 Å². The largest absolute Gasteiger partial charge is 0.324 e. The zero-order valence-electron chi connectivity index (χ0n) is 12.0. The van der Waals surface area contributed by atoms with Crippen LogP contribution in [0, 0.1) is 5.92 Å². The molecule has 0 saturated heterocycles.